The smallest absolute Gasteiger partial charge is 0.335 e. The first-order chi connectivity index (χ1) is 13.6. The van der Waals surface area contributed by atoms with E-state index in [1.54, 1.807) is 30.5 Å². The zero-order valence-corrected chi connectivity index (χ0v) is 14.9. The maximum atomic E-state index is 11.1. The molecule has 0 aliphatic carbocycles. The Balaban J connectivity index is 1.78. The van der Waals surface area contributed by atoms with Crippen LogP contribution in [0.3, 0.4) is 0 Å². The molecule has 3 N–H and O–H groups in total. The molecule has 138 valence electrons. The van der Waals surface area contributed by atoms with E-state index in [0.29, 0.717) is 11.1 Å². The number of nitrogens with one attached hydrogen (secondary N) is 1. The average molecular weight is 370 g/mol. The summed E-state index contributed by atoms with van der Waals surface area (Å²) in [5.41, 5.74) is 3.18. The minimum atomic E-state index is -0.968. The van der Waals surface area contributed by atoms with Gasteiger partial charge in [0.1, 0.15) is 11.3 Å². The fourth-order valence-corrected chi connectivity index (χ4v) is 3.24. The number of aromatic nitrogens is 1. The first kappa shape index (κ1) is 17.5. The molecule has 0 radical (unpaired) electrons. The second-order valence-electron chi connectivity index (χ2n) is 6.45. The third-order valence-corrected chi connectivity index (χ3v) is 4.67. The van der Waals surface area contributed by atoms with Gasteiger partial charge in [0.2, 0.25) is 0 Å². The summed E-state index contributed by atoms with van der Waals surface area (Å²) >= 11 is 0. The van der Waals surface area contributed by atoms with Gasteiger partial charge in [-0.2, -0.15) is 0 Å². The van der Waals surface area contributed by atoms with Gasteiger partial charge in [0.05, 0.1) is 11.6 Å². The average Bonchev–Trinajstić information content (AvgIpc) is 2.74. The summed E-state index contributed by atoms with van der Waals surface area (Å²) in [6, 6.07) is 23.5. The lowest BCUT2D eigenvalue weighted by Crippen LogP contribution is -2.13. The number of aromatic carboxylic acids is 1. The van der Waals surface area contributed by atoms with Gasteiger partial charge in [-0.3, -0.25) is 4.98 Å². The van der Waals surface area contributed by atoms with Gasteiger partial charge >= 0.3 is 5.97 Å². The first-order valence-corrected chi connectivity index (χ1v) is 8.85. The van der Waals surface area contributed by atoms with Gasteiger partial charge in [-0.05, 0) is 35.9 Å². The number of benzene rings is 3. The van der Waals surface area contributed by atoms with Crippen LogP contribution in [0.5, 0.6) is 5.75 Å². The van der Waals surface area contributed by atoms with Crippen LogP contribution in [0.15, 0.2) is 85.1 Å². The van der Waals surface area contributed by atoms with E-state index >= 15 is 0 Å². The highest BCUT2D eigenvalue weighted by Gasteiger charge is 2.20. The standard InChI is InChI=1S/C23H18N2O3/c26-22-19(13-10-16-7-4-14-24-21(16)22)20(15-5-2-1-3-6-15)25-18-11-8-17(9-12-18)23(27)28/h1-14,20,25-26H,(H,27,28). The maximum absolute atomic E-state index is 11.1. The molecule has 5 heteroatoms. The fraction of sp³-hybridized carbons (Fsp3) is 0.0435. The molecule has 0 saturated heterocycles. The fourth-order valence-electron chi connectivity index (χ4n) is 3.24. The number of nitrogens with zero attached hydrogens (tertiary/aromatic N) is 1. The number of anilines is 1. The van der Waals surface area contributed by atoms with Crippen molar-refractivity contribution in [2.24, 2.45) is 0 Å². The molecule has 3 aromatic carbocycles. The molecular weight excluding hydrogens is 352 g/mol. The van der Waals surface area contributed by atoms with Crippen molar-refractivity contribution in [3.8, 4) is 5.75 Å². The third-order valence-electron chi connectivity index (χ3n) is 4.67. The summed E-state index contributed by atoms with van der Waals surface area (Å²) < 4.78 is 0. The Morgan fingerprint density at radius 3 is 2.36 bits per heavy atom. The Bertz CT molecular complexity index is 1130. The monoisotopic (exact) mass is 370 g/mol. The van der Waals surface area contributed by atoms with E-state index in [2.05, 4.69) is 10.3 Å². The van der Waals surface area contributed by atoms with E-state index in [-0.39, 0.29) is 17.4 Å². The molecule has 0 aliphatic heterocycles. The quantitative estimate of drug-likeness (QED) is 0.468. The molecule has 0 amide bonds. The summed E-state index contributed by atoms with van der Waals surface area (Å²) in [4.78, 5) is 15.4. The minimum absolute atomic E-state index is 0.126. The Morgan fingerprint density at radius 2 is 1.64 bits per heavy atom. The van der Waals surface area contributed by atoms with Crippen LogP contribution in [0.25, 0.3) is 10.9 Å². The summed E-state index contributed by atoms with van der Waals surface area (Å²) in [5, 5.41) is 24.3. The number of aromatic hydroxyl groups is 1. The van der Waals surface area contributed by atoms with Gasteiger partial charge in [-0.25, -0.2) is 4.79 Å². The molecule has 0 aliphatic rings. The molecule has 1 heterocycles. The molecule has 0 saturated carbocycles. The summed E-state index contributed by atoms with van der Waals surface area (Å²) in [6.07, 6.45) is 1.65. The van der Waals surface area contributed by atoms with Gasteiger partial charge in [0.25, 0.3) is 0 Å². The molecule has 1 atom stereocenters. The number of hydrogen-bond donors (Lipinski definition) is 3. The number of carbonyl (C=O) groups is 1. The van der Waals surface area contributed by atoms with Crippen LogP contribution in [-0.4, -0.2) is 21.2 Å². The third kappa shape index (κ3) is 3.38. The van der Waals surface area contributed by atoms with Crippen molar-refractivity contribution in [3.63, 3.8) is 0 Å². The molecule has 0 fully saturated rings. The number of phenols is 1. The van der Waals surface area contributed by atoms with Gasteiger partial charge in [0.15, 0.2) is 0 Å². The molecule has 0 bridgehead atoms. The zero-order valence-electron chi connectivity index (χ0n) is 14.9. The van der Waals surface area contributed by atoms with Crippen molar-refractivity contribution in [1.29, 1.82) is 0 Å². The first-order valence-electron chi connectivity index (χ1n) is 8.85. The predicted molar refractivity (Wildman–Crippen MR) is 109 cm³/mol. The summed E-state index contributed by atoms with van der Waals surface area (Å²) in [5.74, 6) is -0.842. The normalized spacial score (nSPS) is 11.9. The van der Waals surface area contributed by atoms with E-state index in [1.807, 2.05) is 54.6 Å². The molecule has 5 nitrogen and oxygen atoms in total. The van der Waals surface area contributed by atoms with E-state index in [9.17, 15) is 9.90 Å². The van der Waals surface area contributed by atoms with Crippen LogP contribution in [0.2, 0.25) is 0 Å². The highest BCUT2D eigenvalue weighted by Crippen LogP contribution is 2.36. The second-order valence-corrected chi connectivity index (χ2v) is 6.45. The summed E-state index contributed by atoms with van der Waals surface area (Å²) in [6.45, 7) is 0. The molecule has 1 unspecified atom stereocenters. The van der Waals surface area contributed by atoms with E-state index in [1.165, 1.54) is 0 Å². The number of carboxylic acid groups (broad SMARTS) is 1. The lowest BCUT2D eigenvalue weighted by atomic mass is 9.96. The van der Waals surface area contributed by atoms with E-state index in [4.69, 9.17) is 5.11 Å². The molecule has 1 aromatic heterocycles. The molecular formula is C23H18N2O3. The summed E-state index contributed by atoms with van der Waals surface area (Å²) in [7, 11) is 0. The number of carboxylic acids is 1. The van der Waals surface area contributed by atoms with Gasteiger partial charge in [0, 0.05) is 22.8 Å². The number of pyridine rings is 1. The van der Waals surface area contributed by atoms with Crippen LogP contribution in [0, 0.1) is 0 Å². The van der Waals surface area contributed by atoms with E-state index < -0.39 is 5.97 Å². The van der Waals surface area contributed by atoms with Crippen molar-refractivity contribution in [2.45, 2.75) is 6.04 Å². The highest BCUT2D eigenvalue weighted by molar-refractivity contribution is 5.88. The van der Waals surface area contributed by atoms with Crippen LogP contribution in [0.4, 0.5) is 5.69 Å². The molecule has 4 rings (SSSR count). The van der Waals surface area contributed by atoms with Crippen molar-refractivity contribution >= 4 is 22.6 Å². The minimum Gasteiger partial charge on any atom is -0.505 e. The number of rotatable bonds is 5. The van der Waals surface area contributed by atoms with E-state index in [0.717, 1.165) is 16.6 Å². The Hall–Kier alpha value is -3.86. The van der Waals surface area contributed by atoms with Gasteiger partial charge in [-0.15, -0.1) is 0 Å². The van der Waals surface area contributed by atoms with Gasteiger partial charge < -0.3 is 15.5 Å². The van der Waals surface area contributed by atoms with Crippen LogP contribution in [-0.2, 0) is 0 Å². The Morgan fingerprint density at radius 1 is 0.893 bits per heavy atom. The number of phenolic OH excluding ortho intramolecular Hbond substituents is 1. The van der Waals surface area contributed by atoms with Crippen LogP contribution >= 0.6 is 0 Å². The number of fused-ring (bicyclic) bond motifs is 1. The molecule has 28 heavy (non-hydrogen) atoms. The van der Waals surface area contributed by atoms with Gasteiger partial charge in [-0.1, -0.05) is 48.5 Å². The maximum Gasteiger partial charge on any atom is 0.335 e. The van der Waals surface area contributed by atoms with Crippen LogP contribution < -0.4 is 5.32 Å². The van der Waals surface area contributed by atoms with Crippen molar-refractivity contribution in [1.82, 2.24) is 4.98 Å². The lowest BCUT2D eigenvalue weighted by molar-refractivity contribution is 0.0697. The second kappa shape index (κ2) is 7.40. The van der Waals surface area contributed by atoms with Crippen LogP contribution in [0.1, 0.15) is 27.5 Å². The van der Waals surface area contributed by atoms with Crippen molar-refractivity contribution in [2.75, 3.05) is 5.32 Å². The molecule has 0 spiro atoms. The molecule has 4 aromatic rings. The number of hydrogen-bond acceptors (Lipinski definition) is 4. The SMILES string of the molecule is O=C(O)c1ccc(NC(c2ccccc2)c2ccc3cccnc3c2O)cc1. The Kier molecular flexibility index (Phi) is 4.64. The lowest BCUT2D eigenvalue weighted by Gasteiger charge is -2.22. The van der Waals surface area contributed by atoms with Crippen molar-refractivity contribution < 1.29 is 15.0 Å². The topological polar surface area (TPSA) is 82.5 Å². The Labute approximate surface area is 161 Å². The predicted octanol–water partition coefficient (Wildman–Crippen LogP) is 4.84. The van der Waals surface area contributed by atoms with Crippen molar-refractivity contribution in [3.05, 3.63) is 102 Å². The highest BCUT2D eigenvalue weighted by atomic mass is 16.4. The largest absolute Gasteiger partial charge is 0.505 e. The zero-order chi connectivity index (χ0) is 19.5.